The molecule has 3 heteroatoms. The van der Waals surface area contributed by atoms with Gasteiger partial charge in [-0.1, -0.05) is 36.4 Å². The van der Waals surface area contributed by atoms with Gasteiger partial charge in [0.1, 0.15) is 0 Å². The van der Waals surface area contributed by atoms with Crippen LogP contribution in [0.4, 0.5) is 17.1 Å². The quantitative estimate of drug-likeness (QED) is 0.594. The van der Waals surface area contributed by atoms with Gasteiger partial charge in [-0.2, -0.15) is 5.11 Å². The van der Waals surface area contributed by atoms with E-state index in [4.69, 9.17) is 0 Å². The molecule has 21 heavy (non-hydrogen) atoms. The van der Waals surface area contributed by atoms with E-state index in [0.717, 1.165) is 22.4 Å². The molecule has 0 spiro atoms. The molecule has 0 radical (unpaired) electrons. The summed E-state index contributed by atoms with van der Waals surface area (Å²) in [6, 6.07) is 22.3. The molecule has 0 amide bonds. The van der Waals surface area contributed by atoms with Crippen molar-refractivity contribution in [3.8, 4) is 0 Å². The molecule has 3 nitrogen and oxygen atoms in total. The Bertz CT molecular complexity index is 769. The average Bonchev–Trinajstić information content (AvgIpc) is 2.53. The van der Waals surface area contributed by atoms with Gasteiger partial charge in [-0.15, -0.1) is 5.11 Å². The van der Waals surface area contributed by atoms with Crippen LogP contribution in [0.3, 0.4) is 0 Å². The van der Waals surface area contributed by atoms with Gasteiger partial charge in [-0.25, -0.2) is 0 Å². The fraction of sp³-hybridized carbons (Fsp3) is 0.111. The summed E-state index contributed by atoms with van der Waals surface area (Å²) < 4.78 is 0. The smallest absolute Gasteiger partial charge is 0.0935 e. The molecule has 0 N–H and O–H groups in total. The molecular weight excluding hydrogens is 258 g/mol. The zero-order valence-corrected chi connectivity index (χ0v) is 12.2. The van der Waals surface area contributed by atoms with E-state index in [0.29, 0.717) is 0 Å². The Balaban J connectivity index is 1.91. The maximum atomic E-state index is 4.39. The summed E-state index contributed by atoms with van der Waals surface area (Å²) in [5, 5.41) is 11.0. The highest BCUT2D eigenvalue weighted by atomic mass is 15.1. The van der Waals surface area contributed by atoms with Crippen LogP contribution in [-0.4, -0.2) is 14.1 Å². The van der Waals surface area contributed by atoms with Gasteiger partial charge < -0.3 is 4.90 Å². The first-order valence-corrected chi connectivity index (χ1v) is 6.91. The van der Waals surface area contributed by atoms with E-state index >= 15 is 0 Å². The number of benzene rings is 3. The molecule has 104 valence electrons. The molecule has 0 heterocycles. The van der Waals surface area contributed by atoms with E-state index in [1.807, 2.05) is 62.6 Å². The molecule has 0 aliphatic rings. The minimum absolute atomic E-state index is 0.855. The van der Waals surface area contributed by atoms with Crippen molar-refractivity contribution in [2.24, 2.45) is 10.2 Å². The Labute approximate surface area is 124 Å². The summed E-state index contributed by atoms with van der Waals surface area (Å²) >= 11 is 0. The predicted octanol–water partition coefficient (Wildman–Crippen LogP) is 5.32. The van der Waals surface area contributed by atoms with Crippen molar-refractivity contribution in [1.29, 1.82) is 0 Å². The van der Waals surface area contributed by atoms with Crippen LogP contribution in [0.2, 0.25) is 0 Å². The summed E-state index contributed by atoms with van der Waals surface area (Å²) in [7, 11) is 4.04. The van der Waals surface area contributed by atoms with Gasteiger partial charge in [-0.05, 0) is 35.7 Å². The van der Waals surface area contributed by atoms with E-state index in [1.165, 1.54) is 5.39 Å². The van der Waals surface area contributed by atoms with Crippen molar-refractivity contribution in [3.63, 3.8) is 0 Å². The second-order valence-electron chi connectivity index (χ2n) is 5.11. The SMILES string of the molecule is CN(C)c1ccc(N=Nc2cccc3ccccc23)cc1. The number of hydrogen-bond donors (Lipinski definition) is 0. The van der Waals surface area contributed by atoms with E-state index in [2.05, 4.69) is 33.3 Å². The lowest BCUT2D eigenvalue weighted by atomic mass is 10.1. The van der Waals surface area contributed by atoms with E-state index in [-0.39, 0.29) is 0 Å². The van der Waals surface area contributed by atoms with Crippen LogP contribution in [0.15, 0.2) is 77.0 Å². The van der Waals surface area contributed by atoms with Crippen molar-refractivity contribution in [3.05, 3.63) is 66.7 Å². The molecule has 0 aromatic heterocycles. The van der Waals surface area contributed by atoms with Gasteiger partial charge in [0, 0.05) is 25.2 Å². The van der Waals surface area contributed by atoms with Crippen molar-refractivity contribution in [2.75, 3.05) is 19.0 Å². The van der Waals surface area contributed by atoms with E-state index in [1.54, 1.807) is 0 Å². The molecule has 0 saturated carbocycles. The lowest BCUT2D eigenvalue weighted by molar-refractivity contribution is 1.13. The molecule has 0 saturated heterocycles. The second-order valence-corrected chi connectivity index (χ2v) is 5.11. The number of nitrogens with zero attached hydrogens (tertiary/aromatic N) is 3. The maximum Gasteiger partial charge on any atom is 0.0935 e. The van der Waals surface area contributed by atoms with Gasteiger partial charge in [-0.3, -0.25) is 0 Å². The van der Waals surface area contributed by atoms with E-state index in [9.17, 15) is 0 Å². The minimum Gasteiger partial charge on any atom is -0.378 e. The summed E-state index contributed by atoms with van der Waals surface area (Å²) in [5.41, 5.74) is 2.90. The average molecular weight is 275 g/mol. The fourth-order valence-corrected chi connectivity index (χ4v) is 2.22. The van der Waals surface area contributed by atoms with Crippen molar-refractivity contribution in [2.45, 2.75) is 0 Å². The molecule has 0 aliphatic carbocycles. The monoisotopic (exact) mass is 275 g/mol. The van der Waals surface area contributed by atoms with Crippen molar-refractivity contribution >= 4 is 27.8 Å². The Hall–Kier alpha value is -2.68. The normalized spacial score (nSPS) is 11.1. The first kappa shape index (κ1) is 13.3. The highest BCUT2D eigenvalue weighted by Crippen LogP contribution is 2.27. The van der Waals surface area contributed by atoms with Crippen LogP contribution in [-0.2, 0) is 0 Å². The minimum atomic E-state index is 0.855. The predicted molar refractivity (Wildman–Crippen MR) is 88.9 cm³/mol. The first-order valence-electron chi connectivity index (χ1n) is 6.91. The fourth-order valence-electron chi connectivity index (χ4n) is 2.22. The maximum absolute atomic E-state index is 4.39. The molecule has 0 atom stereocenters. The first-order chi connectivity index (χ1) is 10.2. The van der Waals surface area contributed by atoms with E-state index < -0.39 is 0 Å². The van der Waals surface area contributed by atoms with Gasteiger partial charge >= 0.3 is 0 Å². The summed E-state index contributed by atoms with van der Waals surface area (Å²) in [6.07, 6.45) is 0. The highest BCUT2D eigenvalue weighted by Gasteiger charge is 1.99. The third kappa shape index (κ3) is 2.92. The topological polar surface area (TPSA) is 28.0 Å². The van der Waals surface area contributed by atoms with Gasteiger partial charge in [0.25, 0.3) is 0 Å². The summed E-state index contributed by atoms with van der Waals surface area (Å²) in [5.74, 6) is 0. The largest absolute Gasteiger partial charge is 0.378 e. The lowest BCUT2D eigenvalue weighted by Crippen LogP contribution is -2.07. The Morgan fingerprint density at radius 3 is 2.19 bits per heavy atom. The summed E-state index contributed by atoms with van der Waals surface area (Å²) in [4.78, 5) is 2.06. The molecule has 0 fully saturated rings. The number of anilines is 1. The molecule has 0 unspecified atom stereocenters. The van der Waals surface area contributed by atoms with Crippen LogP contribution in [0.1, 0.15) is 0 Å². The molecule has 0 aliphatic heterocycles. The number of hydrogen-bond acceptors (Lipinski definition) is 3. The Morgan fingerprint density at radius 1 is 0.714 bits per heavy atom. The second kappa shape index (κ2) is 5.75. The van der Waals surface area contributed by atoms with Crippen LogP contribution < -0.4 is 4.90 Å². The van der Waals surface area contributed by atoms with Crippen LogP contribution >= 0.6 is 0 Å². The Kier molecular flexibility index (Phi) is 3.65. The highest BCUT2D eigenvalue weighted by molar-refractivity contribution is 5.92. The molecule has 3 aromatic rings. The molecular formula is C18H17N3. The van der Waals surface area contributed by atoms with Gasteiger partial charge in [0.2, 0.25) is 0 Å². The van der Waals surface area contributed by atoms with Crippen molar-refractivity contribution < 1.29 is 0 Å². The zero-order valence-electron chi connectivity index (χ0n) is 12.2. The number of azo groups is 1. The van der Waals surface area contributed by atoms with Gasteiger partial charge in [0.05, 0.1) is 11.4 Å². The standard InChI is InChI=1S/C18H17N3/c1-21(2)16-12-10-15(11-13-16)19-20-18-9-5-7-14-6-3-4-8-17(14)18/h3-13H,1-2H3. The third-order valence-electron chi connectivity index (χ3n) is 3.41. The van der Waals surface area contributed by atoms with Crippen LogP contribution in [0, 0.1) is 0 Å². The molecule has 0 bridgehead atoms. The van der Waals surface area contributed by atoms with Gasteiger partial charge in [0.15, 0.2) is 0 Å². The molecule has 3 aromatic carbocycles. The summed E-state index contributed by atoms with van der Waals surface area (Å²) in [6.45, 7) is 0. The Morgan fingerprint density at radius 2 is 1.43 bits per heavy atom. The van der Waals surface area contributed by atoms with Crippen LogP contribution in [0.25, 0.3) is 10.8 Å². The molecule has 3 rings (SSSR count). The van der Waals surface area contributed by atoms with Crippen LogP contribution in [0.5, 0.6) is 0 Å². The number of rotatable bonds is 3. The third-order valence-corrected chi connectivity index (χ3v) is 3.41. The zero-order chi connectivity index (χ0) is 14.7. The lowest BCUT2D eigenvalue weighted by Gasteiger charge is -2.11. The van der Waals surface area contributed by atoms with Crippen molar-refractivity contribution in [1.82, 2.24) is 0 Å². The number of fused-ring (bicyclic) bond motifs is 1.